The Morgan fingerprint density at radius 1 is 1.33 bits per heavy atom. The van der Waals surface area contributed by atoms with Crippen molar-refractivity contribution in [1.82, 2.24) is 9.03 Å². The third-order valence-corrected chi connectivity index (χ3v) is 5.78. The Labute approximate surface area is 128 Å². The van der Waals surface area contributed by atoms with Crippen molar-refractivity contribution in [2.75, 3.05) is 31.6 Å². The van der Waals surface area contributed by atoms with E-state index in [0.717, 1.165) is 19.5 Å². The highest BCUT2D eigenvalue weighted by Crippen LogP contribution is 2.23. The molecule has 0 saturated carbocycles. The minimum Gasteiger partial charge on any atom is -0.371 e. The molecule has 2 rings (SSSR count). The van der Waals surface area contributed by atoms with Crippen LogP contribution >= 0.6 is 0 Å². The molecule has 1 aliphatic heterocycles. The molecule has 1 fully saturated rings. The standard InChI is InChI=1S/C15H25N3O2S/c1-13(2)17(3)21(19,20)16-11-14-9-10-18(12-14)15-7-5-4-6-8-15/h4-8,13-14,16H,9-12H2,1-3H3/t14-/m1/s1. The van der Waals surface area contributed by atoms with Crippen LogP contribution in [0.2, 0.25) is 0 Å². The number of nitrogens with zero attached hydrogens (tertiary/aromatic N) is 2. The lowest BCUT2D eigenvalue weighted by molar-refractivity contribution is 0.398. The molecular weight excluding hydrogens is 286 g/mol. The van der Waals surface area contributed by atoms with Gasteiger partial charge < -0.3 is 4.90 Å². The van der Waals surface area contributed by atoms with E-state index in [-0.39, 0.29) is 6.04 Å². The number of rotatable bonds is 6. The Kier molecular flexibility index (Phi) is 5.24. The average Bonchev–Trinajstić information content (AvgIpc) is 2.94. The van der Waals surface area contributed by atoms with Gasteiger partial charge in [0.05, 0.1) is 0 Å². The molecular formula is C15H25N3O2S. The highest BCUT2D eigenvalue weighted by molar-refractivity contribution is 7.87. The van der Waals surface area contributed by atoms with E-state index in [2.05, 4.69) is 21.8 Å². The molecule has 1 atom stereocenters. The Hall–Kier alpha value is -1.11. The van der Waals surface area contributed by atoms with Crippen molar-refractivity contribution < 1.29 is 8.42 Å². The summed E-state index contributed by atoms with van der Waals surface area (Å²) < 4.78 is 28.3. The molecule has 1 aromatic carbocycles. The number of hydrogen-bond donors (Lipinski definition) is 1. The zero-order chi connectivity index (χ0) is 15.5. The minimum atomic E-state index is -3.36. The fourth-order valence-corrected chi connectivity index (χ4v) is 3.68. The predicted octanol–water partition coefficient (Wildman–Crippen LogP) is 1.69. The van der Waals surface area contributed by atoms with Gasteiger partial charge in [-0.2, -0.15) is 12.7 Å². The van der Waals surface area contributed by atoms with Crippen LogP contribution in [0.25, 0.3) is 0 Å². The average molecular weight is 311 g/mol. The van der Waals surface area contributed by atoms with Crippen LogP contribution < -0.4 is 9.62 Å². The van der Waals surface area contributed by atoms with Crippen LogP contribution in [0.15, 0.2) is 30.3 Å². The summed E-state index contributed by atoms with van der Waals surface area (Å²) in [6.45, 7) is 6.12. The maximum atomic E-state index is 12.1. The summed E-state index contributed by atoms with van der Waals surface area (Å²) in [6, 6.07) is 10.2. The van der Waals surface area contributed by atoms with Gasteiger partial charge in [0.2, 0.25) is 0 Å². The Morgan fingerprint density at radius 2 is 2.00 bits per heavy atom. The monoisotopic (exact) mass is 311 g/mol. The van der Waals surface area contributed by atoms with Gasteiger partial charge in [0.25, 0.3) is 10.2 Å². The largest absolute Gasteiger partial charge is 0.371 e. The van der Waals surface area contributed by atoms with Crippen LogP contribution in [0, 0.1) is 5.92 Å². The van der Waals surface area contributed by atoms with Crippen molar-refractivity contribution in [1.29, 1.82) is 0 Å². The summed E-state index contributed by atoms with van der Waals surface area (Å²) >= 11 is 0. The summed E-state index contributed by atoms with van der Waals surface area (Å²) in [7, 11) is -1.76. The second kappa shape index (κ2) is 6.77. The molecule has 0 aromatic heterocycles. The van der Waals surface area contributed by atoms with E-state index in [9.17, 15) is 8.42 Å². The highest BCUT2D eigenvalue weighted by Gasteiger charge is 2.26. The smallest absolute Gasteiger partial charge is 0.279 e. The highest BCUT2D eigenvalue weighted by atomic mass is 32.2. The van der Waals surface area contributed by atoms with Gasteiger partial charge in [0.1, 0.15) is 0 Å². The fraction of sp³-hybridized carbons (Fsp3) is 0.600. The van der Waals surface area contributed by atoms with Gasteiger partial charge in [-0.3, -0.25) is 0 Å². The molecule has 0 bridgehead atoms. The maximum absolute atomic E-state index is 12.1. The molecule has 0 amide bonds. The summed E-state index contributed by atoms with van der Waals surface area (Å²) in [5.41, 5.74) is 1.21. The summed E-state index contributed by atoms with van der Waals surface area (Å²) in [4.78, 5) is 2.31. The first-order chi connectivity index (χ1) is 9.90. The molecule has 1 N–H and O–H groups in total. The molecule has 6 heteroatoms. The molecule has 21 heavy (non-hydrogen) atoms. The number of nitrogens with one attached hydrogen (secondary N) is 1. The summed E-state index contributed by atoms with van der Waals surface area (Å²) in [6.07, 6.45) is 1.02. The SMILES string of the molecule is CC(C)N(C)S(=O)(=O)NC[C@H]1CCN(c2ccccc2)C1. The Bertz CT molecular complexity index is 545. The molecule has 0 spiro atoms. The van der Waals surface area contributed by atoms with E-state index < -0.39 is 10.2 Å². The zero-order valence-corrected chi connectivity index (χ0v) is 13.8. The second-order valence-electron chi connectivity index (χ2n) is 5.90. The molecule has 0 unspecified atom stereocenters. The van der Waals surface area contributed by atoms with Crippen LogP contribution in [-0.2, 0) is 10.2 Å². The Balaban J connectivity index is 1.86. The molecule has 0 aliphatic carbocycles. The van der Waals surface area contributed by atoms with E-state index >= 15 is 0 Å². The molecule has 1 aromatic rings. The van der Waals surface area contributed by atoms with Crippen molar-refractivity contribution in [3.8, 4) is 0 Å². The van der Waals surface area contributed by atoms with Crippen LogP contribution in [-0.4, -0.2) is 45.4 Å². The Morgan fingerprint density at radius 3 is 2.62 bits per heavy atom. The van der Waals surface area contributed by atoms with Crippen LogP contribution in [0.5, 0.6) is 0 Å². The molecule has 5 nitrogen and oxygen atoms in total. The van der Waals surface area contributed by atoms with Gasteiger partial charge in [-0.05, 0) is 38.3 Å². The quantitative estimate of drug-likeness (QED) is 0.870. The number of benzene rings is 1. The number of anilines is 1. The van der Waals surface area contributed by atoms with Crippen molar-refractivity contribution in [2.45, 2.75) is 26.3 Å². The lowest BCUT2D eigenvalue weighted by Crippen LogP contribution is -2.43. The summed E-state index contributed by atoms with van der Waals surface area (Å²) in [5.74, 6) is 0.362. The van der Waals surface area contributed by atoms with Gasteiger partial charge in [-0.1, -0.05) is 18.2 Å². The van der Waals surface area contributed by atoms with Crippen molar-refractivity contribution in [2.24, 2.45) is 5.92 Å². The van der Waals surface area contributed by atoms with Gasteiger partial charge in [0.15, 0.2) is 0 Å². The van der Waals surface area contributed by atoms with E-state index in [0.29, 0.717) is 12.5 Å². The summed E-state index contributed by atoms with van der Waals surface area (Å²) in [5, 5.41) is 0. The minimum absolute atomic E-state index is 0.0353. The van der Waals surface area contributed by atoms with E-state index in [1.807, 2.05) is 32.0 Å². The second-order valence-corrected chi connectivity index (χ2v) is 7.71. The maximum Gasteiger partial charge on any atom is 0.279 e. The van der Waals surface area contributed by atoms with E-state index in [1.54, 1.807) is 7.05 Å². The van der Waals surface area contributed by atoms with Gasteiger partial charge >= 0.3 is 0 Å². The van der Waals surface area contributed by atoms with Crippen LogP contribution in [0.3, 0.4) is 0 Å². The zero-order valence-electron chi connectivity index (χ0n) is 13.0. The first kappa shape index (κ1) is 16.3. The molecule has 1 heterocycles. The normalized spacial score (nSPS) is 19.7. The van der Waals surface area contributed by atoms with Crippen molar-refractivity contribution in [3.63, 3.8) is 0 Å². The van der Waals surface area contributed by atoms with Crippen LogP contribution in [0.1, 0.15) is 20.3 Å². The molecule has 1 aliphatic rings. The van der Waals surface area contributed by atoms with E-state index in [4.69, 9.17) is 0 Å². The first-order valence-electron chi connectivity index (χ1n) is 7.43. The molecule has 1 saturated heterocycles. The van der Waals surface area contributed by atoms with Gasteiger partial charge in [-0.25, -0.2) is 4.72 Å². The van der Waals surface area contributed by atoms with Crippen molar-refractivity contribution >= 4 is 15.9 Å². The first-order valence-corrected chi connectivity index (χ1v) is 8.87. The number of para-hydroxylation sites is 1. The number of hydrogen-bond acceptors (Lipinski definition) is 3. The predicted molar refractivity (Wildman–Crippen MR) is 86.6 cm³/mol. The molecule has 0 radical (unpaired) electrons. The topological polar surface area (TPSA) is 52.7 Å². The fourth-order valence-electron chi connectivity index (χ4n) is 2.48. The van der Waals surface area contributed by atoms with Crippen LogP contribution in [0.4, 0.5) is 5.69 Å². The van der Waals surface area contributed by atoms with E-state index in [1.165, 1.54) is 9.99 Å². The third kappa shape index (κ3) is 4.18. The third-order valence-electron chi connectivity index (χ3n) is 4.07. The van der Waals surface area contributed by atoms with Crippen molar-refractivity contribution in [3.05, 3.63) is 30.3 Å². The molecule has 118 valence electrons. The lowest BCUT2D eigenvalue weighted by Gasteiger charge is -2.23. The lowest BCUT2D eigenvalue weighted by atomic mass is 10.1. The van der Waals surface area contributed by atoms with Gasteiger partial charge in [0, 0.05) is 38.4 Å². The van der Waals surface area contributed by atoms with Gasteiger partial charge in [-0.15, -0.1) is 0 Å².